The molecular formula is C91H142MnN8S4. The predicted octanol–water partition coefficient (Wildman–Crippen LogP) is 28.6. The molecule has 0 aromatic heterocycles. The van der Waals surface area contributed by atoms with E-state index in [9.17, 15) is 0 Å². The fraction of sp³-hybridized carbons (Fsp3) is 0.648. The Morgan fingerprint density at radius 3 is 0.394 bits per heavy atom. The Morgan fingerprint density at radius 2 is 0.288 bits per heavy atom. The van der Waals surface area contributed by atoms with E-state index in [-0.39, 0.29) is 17.1 Å². The van der Waals surface area contributed by atoms with Crippen molar-refractivity contribution in [2.24, 2.45) is 39.9 Å². The van der Waals surface area contributed by atoms with E-state index in [0.717, 1.165) is 44.5 Å². The van der Waals surface area contributed by atoms with Gasteiger partial charge in [0, 0.05) is 61.6 Å². The number of aliphatic imine (C=N–C) groups is 8. The molecule has 0 fully saturated rings. The van der Waals surface area contributed by atoms with Crippen LogP contribution in [0.5, 0.6) is 0 Å². The Balaban J connectivity index is 0.000000310. The maximum atomic E-state index is 4.95. The van der Waals surface area contributed by atoms with Crippen molar-refractivity contribution >= 4 is 93.7 Å². The number of unbranched alkanes of at least 4 members (excludes halogenated alkanes) is 45. The second-order valence-corrected chi connectivity index (χ2v) is 32.7. The van der Waals surface area contributed by atoms with Crippen molar-refractivity contribution in [2.45, 2.75) is 329 Å². The van der Waals surface area contributed by atoms with E-state index < -0.39 is 0 Å². The summed E-state index contributed by atoms with van der Waals surface area (Å²) in [6.07, 6.45) is 81.2. The first-order valence-electron chi connectivity index (χ1n) is 41.9. The van der Waals surface area contributed by atoms with Gasteiger partial charge >= 0.3 is 0 Å². The standard InChI is InChI=1S/C32H16N8.3C19H40S.C2H6S.Mn/c1-2-10-18-17(9-1)25-33-26(18)38-28-21-13-5-6-14-22(21)30(35-28)40-32-24-16-8-7-15-23(24)31(36-32)39-29-20-12-4-3-11-19(20)27(34-29)37-25;3*1-3-4-5-6-7-8-9-10-11-12-13-14-15-16-17-18-19-20-2;1-3-2;/h1-16H;3*3-19H2,1-2H3;1-2H3;. The maximum absolute atomic E-state index is 4.95. The molecule has 5 aliphatic heterocycles. The Bertz CT molecular complexity index is 2670. The van der Waals surface area contributed by atoms with Gasteiger partial charge in [0.2, 0.25) is 0 Å². The molecule has 13 heteroatoms. The summed E-state index contributed by atoms with van der Waals surface area (Å²) in [6, 6.07) is 31.8. The fourth-order valence-corrected chi connectivity index (χ4v) is 15.3. The van der Waals surface area contributed by atoms with Crippen molar-refractivity contribution in [1.29, 1.82) is 0 Å². The van der Waals surface area contributed by atoms with Crippen molar-refractivity contribution in [3.63, 3.8) is 0 Å². The summed E-state index contributed by atoms with van der Waals surface area (Å²) in [7, 11) is 0. The Morgan fingerprint density at radius 1 is 0.183 bits per heavy atom. The zero-order chi connectivity index (χ0) is 73.1. The minimum atomic E-state index is 0. The largest absolute Gasteiger partial charge is 0.208 e. The van der Waals surface area contributed by atoms with Crippen molar-refractivity contribution in [3.8, 4) is 0 Å². The molecule has 104 heavy (non-hydrogen) atoms. The number of nitrogens with zero attached hydrogens (tertiary/aromatic N) is 8. The summed E-state index contributed by atoms with van der Waals surface area (Å²) in [5.74, 6) is 8.49. The summed E-state index contributed by atoms with van der Waals surface area (Å²) in [4.78, 5) is 39.3. The van der Waals surface area contributed by atoms with Crippen LogP contribution in [0.4, 0.5) is 0 Å². The van der Waals surface area contributed by atoms with Gasteiger partial charge in [-0.3, -0.25) is 0 Å². The molecule has 0 atom stereocenters. The Kier molecular flexibility index (Phi) is 56.0. The van der Waals surface area contributed by atoms with Gasteiger partial charge in [0.1, 0.15) is 0 Å². The first kappa shape index (κ1) is 92.5. The van der Waals surface area contributed by atoms with Crippen LogP contribution in [-0.2, 0) is 17.1 Å². The van der Waals surface area contributed by atoms with E-state index in [1.807, 2.05) is 145 Å². The van der Waals surface area contributed by atoms with Crippen LogP contribution in [0.1, 0.15) is 373 Å². The zero-order valence-corrected chi connectivity index (χ0v) is 71.3. The number of rotatable bonds is 51. The van der Waals surface area contributed by atoms with Gasteiger partial charge in [-0.15, -0.1) is 0 Å². The molecule has 5 heterocycles. The third kappa shape index (κ3) is 38.5. The maximum Gasteiger partial charge on any atom is 0.164 e. The molecule has 8 bridgehead atoms. The average Bonchev–Trinajstić information content (AvgIpc) is 1.61. The van der Waals surface area contributed by atoms with Crippen LogP contribution in [0.2, 0.25) is 0 Å². The van der Waals surface area contributed by atoms with Gasteiger partial charge in [0.15, 0.2) is 46.7 Å². The molecule has 577 valence electrons. The Hall–Kier alpha value is -3.84. The predicted molar refractivity (Wildman–Crippen MR) is 471 cm³/mol. The minimum Gasteiger partial charge on any atom is -0.208 e. The van der Waals surface area contributed by atoms with Crippen LogP contribution in [0, 0.1) is 0 Å². The molecule has 5 aliphatic rings. The molecule has 0 saturated heterocycles. The SMILES string of the molecule is CCCCCCCCCCCCCCCCCCSC.CCCCCCCCCCCCCCCCCCSC.CCCCCCCCCCCCCCCCCCSC.CSC.[Mn].c1ccc2c(c1)C1=NC2=NC2=NC(=NC3=NC(=NC4=NC(=N1)c1ccccc14)c1ccccc13)c1ccccc12. The number of amidine groups is 8. The summed E-state index contributed by atoms with van der Waals surface area (Å²) in [6.45, 7) is 6.89. The number of thioether (sulfide) groups is 4. The first-order valence-corrected chi connectivity index (χ1v) is 47.7. The summed E-state index contributed by atoms with van der Waals surface area (Å²) in [5, 5.41) is 0. The van der Waals surface area contributed by atoms with Crippen molar-refractivity contribution < 1.29 is 17.1 Å². The van der Waals surface area contributed by atoms with Crippen LogP contribution in [-0.4, -0.2) is 95.2 Å². The van der Waals surface area contributed by atoms with Crippen molar-refractivity contribution in [3.05, 3.63) is 142 Å². The molecule has 0 unspecified atom stereocenters. The number of hydrogen-bond donors (Lipinski definition) is 0. The normalized spacial score (nSPS) is 13.2. The van der Waals surface area contributed by atoms with E-state index in [2.05, 4.69) is 39.5 Å². The molecule has 0 spiro atoms. The summed E-state index contributed by atoms with van der Waals surface area (Å²) >= 11 is 7.71. The molecule has 0 aliphatic carbocycles. The topological polar surface area (TPSA) is 98.9 Å². The van der Waals surface area contributed by atoms with Gasteiger partial charge in [-0.1, -0.05) is 407 Å². The van der Waals surface area contributed by atoms with Gasteiger partial charge in [0.25, 0.3) is 0 Å². The van der Waals surface area contributed by atoms with Gasteiger partial charge < -0.3 is 0 Å². The van der Waals surface area contributed by atoms with Crippen molar-refractivity contribution in [1.82, 2.24) is 0 Å². The number of benzene rings is 4. The summed E-state index contributed by atoms with van der Waals surface area (Å²) < 4.78 is 0. The second-order valence-electron chi connectivity index (χ2n) is 29.0. The van der Waals surface area contributed by atoms with Gasteiger partial charge in [-0.2, -0.15) is 47.0 Å². The third-order valence-corrected chi connectivity index (χ3v) is 22.0. The van der Waals surface area contributed by atoms with Crippen LogP contribution >= 0.6 is 47.0 Å². The van der Waals surface area contributed by atoms with Crippen LogP contribution in [0.25, 0.3) is 0 Å². The van der Waals surface area contributed by atoms with Gasteiger partial charge in [0.05, 0.1) is 0 Å². The number of fused-ring (bicyclic) bond motifs is 16. The van der Waals surface area contributed by atoms with E-state index in [1.165, 1.54) is 325 Å². The molecule has 4 aromatic rings. The zero-order valence-electron chi connectivity index (χ0n) is 66.9. The fourth-order valence-electron chi connectivity index (χ4n) is 13.8. The van der Waals surface area contributed by atoms with Crippen molar-refractivity contribution in [2.75, 3.05) is 48.5 Å². The molecule has 0 N–H and O–H groups in total. The molecular weight excluding hydrogens is 1390 g/mol. The van der Waals surface area contributed by atoms with Crippen LogP contribution < -0.4 is 0 Å². The van der Waals surface area contributed by atoms with E-state index in [4.69, 9.17) is 39.9 Å². The second kappa shape index (κ2) is 63.0. The monoisotopic (exact) mass is 1530 g/mol. The number of hydrogen-bond acceptors (Lipinski definition) is 12. The average molecular weight is 1530 g/mol. The Labute approximate surface area is 664 Å². The van der Waals surface area contributed by atoms with Gasteiger partial charge in [-0.25, -0.2) is 39.9 Å². The molecule has 1 radical (unpaired) electrons. The minimum absolute atomic E-state index is 0. The molecule has 8 nitrogen and oxygen atoms in total. The smallest absolute Gasteiger partial charge is 0.164 e. The van der Waals surface area contributed by atoms with E-state index in [0.29, 0.717) is 46.7 Å². The molecule has 9 rings (SSSR count). The first-order chi connectivity index (χ1) is 51.0. The van der Waals surface area contributed by atoms with Crippen LogP contribution in [0.15, 0.2) is 137 Å². The third-order valence-electron chi connectivity index (χ3n) is 19.9. The molecule has 0 saturated carbocycles. The summed E-state index contributed by atoms with van der Waals surface area (Å²) in [5.41, 5.74) is 7.15. The van der Waals surface area contributed by atoms with Gasteiger partial charge in [-0.05, 0) is 67.8 Å². The molecule has 0 amide bonds. The molecule has 4 aromatic carbocycles. The van der Waals surface area contributed by atoms with E-state index >= 15 is 0 Å². The van der Waals surface area contributed by atoms with Crippen LogP contribution in [0.3, 0.4) is 0 Å². The van der Waals surface area contributed by atoms with E-state index in [1.54, 1.807) is 11.8 Å². The quantitative estimate of drug-likeness (QED) is 0.0325.